The summed E-state index contributed by atoms with van der Waals surface area (Å²) >= 11 is 13.0. The van der Waals surface area contributed by atoms with Crippen LogP contribution in [0, 0.1) is 17.8 Å². The number of ether oxygens (including phenoxy) is 2. The number of halogens is 2. The zero-order valence-corrected chi connectivity index (χ0v) is 12.1. The largest absolute Gasteiger partial charge is 0.486 e. The summed E-state index contributed by atoms with van der Waals surface area (Å²) in [6.45, 7) is 1.18. The fourth-order valence-electron chi connectivity index (χ4n) is 3.81. The number of hydrogen-bond donors (Lipinski definition) is 0. The number of hydrogen-bond acceptors (Lipinski definition) is 2. The van der Waals surface area contributed by atoms with Crippen LogP contribution in [0.15, 0.2) is 12.1 Å². The Morgan fingerprint density at radius 2 is 1.68 bits per heavy atom. The summed E-state index contributed by atoms with van der Waals surface area (Å²) in [6.07, 6.45) is 4.03. The lowest BCUT2D eigenvalue weighted by Crippen LogP contribution is -2.15. The molecule has 2 nitrogen and oxygen atoms in total. The molecule has 1 aromatic carbocycles. The van der Waals surface area contributed by atoms with E-state index in [-0.39, 0.29) is 5.38 Å². The van der Waals surface area contributed by atoms with Crippen molar-refractivity contribution < 1.29 is 9.47 Å². The van der Waals surface area contributed by atoms with Gasteiger partial charge in [0, 0.05) is 11.1 Å². The van der Waals surface area contributed by atoms with Gasteiger partial charge < -0.3 is 9.47 Å². The molecule has 102 valence electrons. The molecule has 0 radical (unpaired) electrons. The lowest BCUT2D eigenvalue weighted by molar-refractivity contribution is 0.171. The highest BCUT2D eigenvalue weighted by Gasteiger charge is 2.56. The van der Waals surface area contributed by atoms with E-state index in [4.69, 9.17) is 32.7 Å². The Bertz CT molecular complexity index is 507. The van der Waals surface area contributed by atoms with Gasteiger partial charge in [-0.05, 0) is 42.2 Å². The molecule has 2 aliphatic carbocycles. The van der Waals surface area contributed by atoms with Gasteiger partial charge >= 0.3 is 0 Å². The molecule has 4 rings (SSSR count). The Hall–Kier alpha value is -0.600. The lowest BCUT2D eigenvalue weighted by Gasteiger charge is -2.21. The van der Waals surface area contributed by atoms with E-state index < -0.39 is 0 Å². The van der Waals surface area contributed by atoms with Crippen molar-refractivity contribution in [1.29, 1.82) is 0 Å². The van der Waals surface area contributed by atoms with E-state index in [1.807, 2.05) is 12.1 Å². The third-order valence-electron chi connectivity index (χ3n) is 4.77. The summed E-state index contributed by atoms with van der Waals surface area (Å²) < 4.78 is 11.2. The minimum absolute atomic E-state index is 0.0126. The van der Waals surface area contributed by atoms with Crippen LogP contribution in [0.5, 0.6) is 11.5 Å². The molecule has 0 saturated heterocycles. The smallest absolute Gasteiger partial charge is 0.162 e. The van der Waals surface area contributed by atoms with Gasteiger partial charge in [0.05, 0.1) is 5.38 Å². The maximum Gasteiger partial charge on any atom is 0.162 e. The Kier molecular flexibility index (Phi) is 2.85. The molecule has 1 aliphatic heterocycles. The maximum atomic E-state index is 6.67. The van der Waals surface area contributed by atoms with Crippen molar-refractivity contribution in [3.05, 3.63) is 22.7 Å². The molecule has 19 heavy (non-hydrogen) atoms. The minimum atomic E-state index is 0.0126. The van der Waals surface area contributed by atoms with Gasteiger partial charge in [0.1, 0.15) is 13.2 Å². The van der Waals surface area contributed by atoms with Gasteiger partial charge in [-0.3, -0.25) is 0 Å². The first-order valence-corrected chi connectivity index (χ1v) is 7.80. The van der Waals surface area contributed by atoms with Gasteiger partial charge in [-0.2, -0.15) is 0 Å². The van der Waals surface area contributed by atoms with Crippen molar-refractivity contribution in [2.45, 2.75) is 24.6 Å². The second kappa shape index (κ2) is 4.46. The van der Waals surface area contributed by atoms with Crippen molar-refractivity contribution >= 4 is 23.2 Å². The highest BCUT2D eigenvalue weighted by Crippen LogP contribution is 2.64. The molecule has 0 aromatic heterocycles. The Morgan fingerprint density at radius 1 is 1.05 bits per heavy atom. The summed E-state index contributed by atoms with van der Waals surface area (Å²) in [5.74, 6) is 3.77. The molecule has 1 heterocycles. The average molecular weight is 299 g/mol. The standard InChI is InChI=1S/C15H16Cl2O2/c16-11-7-13-12(18-4-5-19-13)6-10(11)15(17)14-8-2-1-3-9(8)14/h6-9,14-15H,1-5H2. The molecule has 2 fully saturated rings. The summed E-state index contributed by atoms with van der Waals surface area (Å²) in [7, 11) is 0. The van der Waals surface area contributed by atoms with Crippen LogP contribution in [0.2, 0.25) is 5.02 Å². The Morgan fingerprint density at radius 3 is 2.37 bits per heavy atom. The first-order valence-electron chi connectivity index (χ1n) is 6.99. The molecule has 1 aromatic rings. The average Bonchev–Trinajstić information content (AvgIpc) is 2.90. The Balaban J connectivity index is 1.63. The van der Waals surface area contributed by atoms with Crippen molar-refractivity contribution in [2.75, 3.05) is 13.2 Å². The van der Waals surface area contributed by atoms with Crippen LogP contribution in [-0.2, 0) is 0 Å². The number of benzene rings is 1. The monoisotopic (exact) mass is 298 g/mol. The topological polar surface area (TPSA) is 18.5 Å². The van der Waals surface area contributed by atoms with Crippen LogP contribution >= 0.6 is 23.2 Å². The zero-order chi connectivity index (χ0) is 13.0. The molecule has 0 amide bonds. The van der Waals surface area contributed by atoms with Gasteiger partial charge in [-0.25, -0.2) is 0 Å². The van der Waals surface area contributed by atoms with Crippen molar-refractivity contribution in [3.8, 4) is 11.5 Å². The second-order valence-electron chi connectivity index (χ2n) is 5.76. The predicted molar refractivity (Wildman–Crippen MR) is 75.4 cm³/mol. The van der Waals surface area contributed by atoms with Gasteiger partial charge in [0.2, 0.25) is 0 Å². The molecule has 0 spiro atoms. The fourth-order valence-corrected chi connectivity index (χ4v) is 4.69. The normalized spacial score (nSPS) is 32.8. The van der Waals surface area contributed by atoms with Crippen molar-refractivity contribution in [3.63, 3.8) is 0 Å². The van der Waals surface area contributed by atoms with Crippen LogP contribution in [-0.4, -0.2) is 13.2 Å². The third-order valence-corrected chi connectivity index (χ3v) is 5.62. The highest BCUT2D eigenvalue weighted by molar-refractivity contribution is 6.33. The first kappa shape index (κ1) is 12.2. The molecule has 4 heteroatoms. The lowest BCUT2D eigenvalue weighted by atomic mass is 10.0. The quantitative estimate of drug-likeness (QED) is 0.752. The fraction of sp³-hybridized carbons (Fsp3) is 0.600. The van der Waals surface area contributed by atoms with E-state index in [0.717, 1.165) is 28.9 Å². The minimum Gasteiger partial charge on any atom is -0.486 e. The van der Waals surface area contributed by atoms with E-state index in [2.05, 4.69) is 0 Å². The van der Waals surface area contributed by atoms with Crippen LogP contribution in [0.3, 0.4) is 0 Å². The first-order chi connectivity index (χ1) is 9.25. The molecule has 3 atom stereocenters. The predicted octanol–water partition coefficient (Wildman–Crippen LogP) is 4.44. The molecule has 0 bridgehead atoms. The molecule has 2 saturated carbocycles. The second-order valence-corrected chi connectivity index (χ2v) is 6.63. The van der Waals surface area contributed by atoms with Gasteiger partial charge in [-0.1, -0.05) is 18.0 Å². The van der Waals surface area contributed by atoms with Crippen LogP contribution < -0.4 is 9.47 Å². The van der Waals surface area contributed by atoms with E-state index in [9.17, 15) is 0 Å². The van der Waals surface area contributed by atoms with Crippen LogP contribution in [0.4, 0.5) is 0 Å². The number of fused-ring (bicyclic) bond motifs is 2. The zero-order valence-electron chi connectivity index (χ0n) is 10.6. The maximum absolute atomic E-state index is 6.67. The van der Waals surface area contributed by atoms with E-state index >= 15 is 0 Å². The van der Waals surface area contributed by atoms with E-state index in [0.29, 0.717) is 24.2 Å². The molecule has 3 unspecified atom stereocenters. The van der Waals surface area contributed by atoms with Gasteiger partial charge in [0.15, 0.2) is 11.5 Å². The summed E-state index contributed by atoms with van der Waals surface area (Å²) in [6, 6.07) is 3.82. The third kappa shape index (κ3) is 1.92. The number of rotatable bonds is 2. The van der Waals surface area contributed by atoms with Crippen molar-refractivity contribution in [2.24, 2.45) is 17.8 Å². The summed E-state index contributed by atoms with van der Waals surface area (Å²) in [4.78, 5) is 0. The summed E-state index contributed by atoms with van der Waals surface area (Å²) in [5, 5.41) is 0.716. The SMILES string of the molecule is Clc1cc2c(cc1C(Cl)C1C3CCCC31)OCCO2. The van der Waals surface area contributed by atoms with Gasteiger partial charge in [-0.15, -0.1) is 11.6 Å². The van der Waals surface area contributed by atoms with Gasteiger partial charge in [0.25, 0.3) is 0 Å². The van der Waals surface area contributed by atoms with Crippen molar-refractivity contribution in [1.82, 2.24) is 0 Å². The molecule has 0 N–H and O–H groups in total. The van der Waals surface area contributed by atoms with E-state index in [1.165, 1.54) is 19.3 Å². The van der Waals surface area contributed by atoms with Crippen LogP contribution in [0.25, 0.3) is 0 Å². The molecule has 3 aliphatic rings. The summed E-state index contributed by atoms with van der Waals surface area (Å²) in [5.41, 5.74) is 1.01. The van der Waals surface area contributed by atoms with E-state index in [1.54, 1.807) is 0 Å². The molecular weight excluding hydrogens is 283 g/mol. The Labute approximate surface area is 123 Å². The molecular formula is C15H16Cl2O2. The number of alkyl halides is 1. The highest BCUT2D eigenvalue weighted by atomic mass is 35.5. The van der Waals surface area contributed by atoms with Crippen LogP contribution in [0.1, 0.15) is 30.2 Å².